The molecule has 0 spiro atoms. The Bertz CT molecular complexity index is 969. The maximum absolute atomic E-state index is 12.0. The number of H-pyrrole nitrogens is 1. The minimum atomic E-state index is -0.152. The van der Waals surface area contributed by atoms with Crippen molar-refractivity contribution in [2.75, 3.05) is 26.0 Å². The van der Waals surface area contributed by atoms with Crippen molar-refractivity contribution >= 4 is 34.6 Å². The number of hydrogen-bond acceptors (Lipinski definition) is 5. The second-order valence-corrected chi connectivity index (χ2v) is 7.15. The average molecular weight is 398 g/mol. The highest BCUT2D eigenvalue weighted by Gasteiger charge is 2.08. The van der Waals surface area contributed by atoms with Crippen LogP contribution in [0.2, 0.25) is 0 Å². The second-order valence-electron chi connectivity index (χ2n) is 6.19. The lowest BCUT2D eigenvalue weighted by atomic mass is 10.1. The van der Waals surface area contributed by atoms with Crippen LogP contribution in [0.1, 0.15) is 15.9 Å². The van der Waals surface area contributed by atoms with Crippen LogP contribution < -0.4 is 15.4 Å². The Morgan fingerprint density at radius 2 is 1.86 bits per heavy atom. The summed E-state index contributed by atoms with van der Waals surface area (Å²) >= 11 is 1.32. The Kier molecular flexibility index (Phi) is 6.54. The zero-order chi connectivity index (χ0) is 19.9. The van der Waals surface area contributed by atoms with Gasteiger partial charge >= 0.3 is 0 Å². The monoisotopic (exact) mass is 398 g/mol. The zero-order valence-electron chi connectivity index (χ0n) is 15.7. The minimum Gasteiger partial charge on any atom is -0.497 e. The molecule has 0 saturated carbocycles. The van der Waals surface area contributed by atoms with Crippen LogP contribution in [-0.4, -0.2) is 47.7 Å². The number of aryl methyl sites for hydroxylation is 1. The first-order valence-corrected chi connectivity index (χ1v) is 9.82. The van der Waals surface area contributed by atoms with Crippen LogP contribution in [0.4, 0.5) is 0 Å². The number of carbonyl (C=O) groups is 2. The van der Waals surface area contributed by atoms with E-state index in [1.165, 1.54) is 11.8 Å². The number of aromatic nitrogens is 2. The number of nitrogens with zero attached hydrogens (tertiary/aromatic N) is 1. The molecule has 0 aliphatic carbocycles. The smallest absolute Gasteiger partial charge is 0.251 e. The number of benzene rings is 2. The first kappa shape index (κ1) is 19.8. The highest BCUT2D eigenvalue weighted by Crippen LogP contribution is 2.22. The van der Waals surface area contributed by atoms with Gasteiger partial charge in [0.15, 0.2) is 5.16 Å². The first-order chi connectivity index (χ1) is 13.5. The molecule has 0 fully saturated rings. The van der Waals surface area contributed by atoms with E-state index in [4.69, 9.17) is 4.74 Å². The number of hydrogen-bond donors (Lipinski definition) is 3. The van der Waals surface area contributed by atoms with Crippen LogP contribution in [0.5, 0.6) is 5.75 Å². The lowest BCUT2D eigenvalue weighted by Crippen LogP contribution is -2.35. The molecule has 0 bridgehead atoms. The lowest BCUT2D eigenvalue weighted by molar-refractivity contribution is -0.118. The maximum atomic E-state index is 12.0. The number of rotatable bonds is 8. The molecule has 0 aliphatic rings. The highest BCUT2D eigenvalue weighted by molar-refractivity contribution is 7.99. The van der Waals surface area contributed by atoms with E-state index in [9.17, 15) is 9.59 Å². The van der Waals surface area contributed by atoms with E-state index in [2.05, 4.69) is 20.6 Å². The summed E-state index contributed by atoms with van der Waals surface area (Å²) < 4.78 is 5.19. The maximum Gasteiger partial charge on any atom is 0.251 e. The van der Waals surface area contributed by atoms with Gasteiger partial charge in [-0.3, -0.25) is 9.59 Å². The van der Waals surface area contributed by atoms with E-state index in [0.717, 1.165) is 22.3 Å². The number of thioether (sulfide) groups is 1. The van der Waals surface area contributed by atoms with Crippen LogP contribution in [-0.2, 0) is 4.79 Å². The number of methoxy groups -OCH3 is 1. The third kappa shape index (κ3) is 5.26. The van der Waals surface area contributed by atoms with Gasteiger partial charge in [-0.15, -0.1) is 0 Å². The third-order valence-electron chi connectivity index (χ3n) is 4.05. The van der Waals surface area contributed by atoms with Gasteiger partial charge in [0.25, 0.3) is 5.91 Å². The molecule has 7 nitrogen and oxygen atoms in total. The molecule has 0 atom stereocenters. The van der Waals surface area contributed by atoms with Crippen molar-refractivity contribution in [1.82, 2.24) is 20.6 Å². The summed E-state index contributed by atoms with van der Waals surface area (Å²) in [6, 6.07) is 12.9. The molecule has 0 saturated heterocycles. The molecule has 0 aliphatic heterocycles. The third-order valence-corrected chi connectivity index (χ3v) is 4.93. The van der Waals surface area contributed by atoms with Crippen molar-refractivity contribution in [2.24, 2.45) is 0 Å². The van der Waals surface area contributed by atoms with Gasteiger partial charge in [-0.05, 0) is 31.2 Å². The van der Waals surface area contributed by atoms with Crippen LogP contribution in [0.3, 0.4) is 0 Å². The number of fused-ring (bicyclic) bond motifs is 1. The van der Waals surface area contributed by atoms with E-state index >= 15 is 0 Å². The number of amides is 2. The van der Waals surface area contributed by atoms with E-state index in [1.54, 1.807) is 19.2 Å². The number of carbonyl (C=O) groups excluding carboxylic acids is 2. The predicted octanol–water partition coefficient (Wildman–Crippen LogP) is 2.52. The van der Waals surface area contributed by atoms with Gasteiger partial charge in [0, 0.05) is 24.7 Å². The Morgan fingerprint density at radius 3 is 2.61 bits per heavy atom. The van der Waals surface area contributed by atoms with Crippen LogP contribution >= 0.6 is 11.8 Å². The molecule has 3 rings (SSSR count). The number of aromatic amines is 1. The van der Waals surface area contributed by atoms with Crippen LogP contribution in [0.15, 0.2) is 47.6 Å². The molecular weight excluding hydrogens is 376 g/mol. The van der Waals surface area contributed by atoms with Crippen molar-refractivity contribution in [3.8, 4) is 5.75 Å². The van der Waals surface area contributed by atoms with E-state index in [-0.39, 0.29) is 17.6 Å². The number of nitrogens with one attached hydrogen (secondary N) is 3. The summed E-state index contributed by atoms with van der Waals surface area (Å²) in [5.74, 6) is 0.718. The summed E-state index contributed by atoms with van der Waals surface area (Å²) in [4.78, 5) is 31.6. The van der Waals surface area contributed by atoms with Crippen molar-refractivity contribution < 1.29 is 14.3 Å². The SMILES string of the molecule is COc1ccc2nc(SCC(=O)NCCNC(=O)c3ccc(C)cc3)[nH]c2c1. The van der Waals surface area contributed by atoms with Gasteiger partial charge in [-0.2, -0.15) is 0 Å². The molecule has 3 N–H and O–H groups in total. The predicted molar refractivity (Wildman–Crippen MR) is 110 cm³/mol. The van der Waals surface area contributed by atoms with Gasteiger partial charge in [-0.25, -0.2) is 4.98 Å². The Hall–Kier alpha value is -3.00. The highest BCUT2D eigenvalue weighted by atomic mass is 32.2. The Balaban J connectivity index is 1.38. The molecule has 2 aromatic carbocycles. The minimum absolute atomic E-state index is 0.118. The largest absolute Gasteiger partial charge is 0.497 e. The van der Waals surface area contributed by atoms with Gasteiger partial charge in [0.2, 0.25) is 5.91 Å². The van der Waals surface area contributed by atoms with Crippen molar-refractivity contribution in [1.29, 1.82) is 0 Å². The van der Waals surface area contributed by atoms with Gasteiger partial charge in [-0.1, -0.05) is 29.5 Å². The molecule has 8 heteroatoms. The molecule has 2 amide bonds. The summed E-state index contributed by atoms with van der Waals surface area (Å²) in [6.07, 6.45) is 0. The topological polar surface area (TPSA) is 96.1 Å². The fourth-order valence-corrected chi connectivity index (χ4v) is 3.25. The summed E-state index contributed by atoms with van der Waals surface area (Å²) in [5.41, 5.74) is 3.39. The van der Waals surface area contributed by atoms with E-state index < -0.39 is 0 Å². The van der Waals surface area contributed by atoms with Crippen LogP contribution in [0, 0.1) is 6.92 Å². The Labute approximate surface area is 167 Å². The molecule has 146 valence electrons. The van der Waals surface area contributed by atoms with Crippen molar-refractivity contribution in [2.45, 2.75) is 12.1 Å². The zero-order valence-corrected chi connectivity index (χ0v) is 16.6. The fraction of sp³-hybridized carbons (Fsp3) is 0.250. The molecular formula is C20H22N4O3S. The number of ether oxygens (including phenoxy) is 1. The normalized spacial score (nSPS) is 10.6. The Morgan fingerprint density at radius 1 is 1.11 bits per heavy atom. The summed E-state index contributed by atoms with van der Waals surface area (Å²) in [5, 5.41) is 6.24. The van der Waals surface area contributed by atoms with Crippen LogP contribution in [0.25, 0.3) is 11.0 Å². The molecule has 1 heterocycles. The van der Waals surface area contributed by atoms with Gasteiger partial charge < -0.3 is 20.4 Å². The first-order valence-electron chi connectivity index (χ1n) is 8.83. The summed E-state index contributed by atoms with van der Waals surface area (Å²) in [6.45, 7) is 2.71. The molecule has 28 heavy (non-hydrogen) atoms. The van der Waals surface area contributed by atoms with Gasteiger partial charge in [0.1, 0.15) is 5.75 Å². The van der Waals surface area contributed by atoms with Crippen molar-refractivity contribution in [3.63, 3.8) is 0 Å². The standard InChI is InChI=1S/C20H22N4O3S/c1-13-3-5-14(6-4-13)19(26)22-10-9-21-18(25)12-28-20-23-16-8-7-15(27-2)11-17(16)24-20/h3-8,11H,9-10,12H2,1-2H3,(H,21,25)(H,22,26)(H,23,24). The quantitative estimate of drug-likeness (QED) is 0.400. The molecule has 0 unspecified atom stereocenters. The van der Waals surface area contributed by atoms with E-state index in [1.807, 2.05) is 37.3 Å². The van der Waals surface area contributed by atoms with Gasteiger partial charge in [0.05, 0.1) is 23.9 Å². The summed E-state index contributed by atoms with van der Waals surface area (Å²) in [7, 11) is 1.61. The molecule has 3 aromatic rings. The van der Waals surface area contributed by atoms with Crippen molar-refractivity contribution in [3.05, 3.63) is 53.6 Å². The molecule has 1 aromatic heterocycles. The van der Waals surface area contributed by atoms with E-state index in [0.29, 0.717) is 23.8 Å². The lowest BCUT2D eigenvalue weighted by Gasteiger charge is -2.07. The molecule has 0 radical (unpaired) electrons. The average Bonchev–Trinajstić information content (AvgIpc) is 3.12. The number of imidazole rings is 1. The second kappa shape index (κ2) is 9.27. The fourth-order valence-electron chi connectivity index (χ4n) is 2.53.